The minimum absolute atomic E-state index is 0.0166. The summed E-state index contributed by atoms with van der Waals surface area (Å²) < 4.78 is 4.68. The van der Waals surface area contributed by atoms with E-state index in [-0.39, 0.29) is 47.6 Å². The van der Waals surface area contributed by atoms with E-state index >= 15 is 0 Å². The summed E-state index contributed by atoms with van der Waals surface area (Å²) in [5.74, 6) is -1.76. The zero-order chi connectivity index (χ0) is 24.9. The van der Waals surface area contributed by atoms with Gasteiger partial charge in [0.2, 0.25) is 11.8 Å². The number of nitrogens with zero attached hydrogens (tertiary/aromatic N) is 1. The van der Waals surface area contributed by atoms with Crippen LogP contribution in [0.25, 0.3) is 0 Å². The molecule has 3 unspecified atom stereocenters. The van der Waals surface area contributed by atoms with Crippen LogP contribution in [0.5, 0.6) is 0 Å². The predicted molar refractivity (Wildman–Crippen MR) is 130 cm³/mol. The topological polar surface area (TPSA) is 95.9 Å². The lowest BCUT2D eigenvalue weighted by Gasteiger charge is -2.42. The molecular formula is C25H42N2O5S. The van der Waals surface area contributed by atoms with Gasteiger partial charge in [-0.15, -0.1) is 11.8 Å². The third-order valence-corrected chi connectivity index (χ3v) is 9.58. The van der Waals surface area contributed by atoms with Crippen LogP contribution in [0.2, 0.25) is 0 Å². The molecule has 2 bridgehead atoms. The molecule has 2 N–H and O–H groups in total. The molecule has 33 heavy (non-hydrogen) atoms. The summed E-state index contributed by atoms with van der Waals surface area (Å²) >= 11 is 1.64. The average molecular weight is 483 g/mol. The lowest BCUT2D eigenvalue weighted by molar-refractivity contribution is -0.154. The molecule has 7 nitrogen and oxygen atoms in total. The Kier molecular flexibility index (Phi) is 7.23. The van der Waals surface area contributed by atoms with Crippen LogP contribution in [0, 0.1) is 23.2 Å². The molecule has 188 valence electrons. The van der Waals surface area contributed by atoms with E-state index in [0.29, 0.717) is 6.42 Å². The van der Waals surface area contributed by atoms with Crippen LogP contribution >= 0.6 is 11.8 Å². The molecule has 3 fully saturated rings. The Labute approximate surface area is 202 Å². The first-order valence-corrected chi connectivity index (χ1v) is 13.2. The van der Waals surface area contributed by atoms with Gasteiger partial charge in [0.15, 0.2) is 0 Å². The number of aliphatic hydroxyl groups is 1. The van der Waals surface area contributed by atoms with Crippen LogP contribution in [0.1, 0.15) is 74.7 Å². The molecule has 8 heteroatoms. The fourth-order valence-corrected chi connectivity index (χ4v) is 9.24. The largest absolute Gasteiger partial charge is 0.466 e. The molecule has 2 amide bonds. The van der Waals surface area contributed by atoms with Crippen LogP contribution in [-0.4, -0.2) is 68.6 Å². The highest BCUT2D eigenvalue weighted by Crippen LogP contribution is 2.69. The highest BCUT2D eigenvalue weighted by molar-refractivity contribution is 8.02. The summed E-state index contributed by atoms with van der Waals surface area (Å²) in [4.78, 5) is 42.5. The van der Waals surface area contributed by atoms with Crippen LogP contribution < -0.4 is 5.32 Å². The van der Waals surface area contributed by atoms with Crippen molar-refractivity contribution in [2.45, 2.75) is 102 Å². The van der Waals surface area contributed by atoms with Gasteiger partial charge < -0.3 is 20.1 Å². The smallest absolute Gasteiger partial charge is 0.310 e. The lowest BCUT2D eigenvalue weighted by atomic mass is 9.66. The number of carbonyl (C=O) groups excluding carboxylic acids is 3. The summed E-state index contributed by atoms with van der Waals surface area (Å²) in [6, 6.07) is -1.19. The number of amides is 2. The molecule has 3 aliphatic rings. The van der Waals surface area contributed by atoms with Crippen LogP contribution in [0.4, 0.5) is 0 Å². The van der Waals surface area contributed by atoms with Gasteiger partial charge in [-0.05, 0) is 51.4 Å². The van der Waals surface area contributed by atoms with Gasteiger partial charge in [-0.3, -0.25) is 14.4 Å². The van der Waals surface area contributed by atoms with Crippen molar-refractivity contribution in [1.29, 1.82) is 0 Å². The highest BCUT2D eigenvalue weighted by atomic mass is 32.2. The monoisotopic (exact) mass is 482 g/mol. The molecule has 0 aromatic rings. The van der Waals surface area contributed by atoms with E-state index < -0.39 is 34.2 Å². The van der Waals surface area contributed by atoms with E-state index in [2.05, 4.69) is 33.0 Å². The Morgan fingerprint density at radius 2 is 1.91 bits per heavy atom. The zero-order valence-electron chi connectivity index (χ0n) is 21.4. The van der Waals surface area contributed by atoms with Gasteiger partial charge in [-0.1, -0.05) is 34.6 Å². The summed E-state index contributed by atoms with van der Waals surface area (Å²) in [6.45, 7) is 16.3. The van der Waals surface area contributed by atoms with Crippen LogP contribution in [0.3, 0.4) is 0 Å². The van der Waals surface area contributed by atoms with Crippen LogP contribution in [-0.2, 0) is 19.1 Å². The first-order valence-electron chi connectivity index (χ1n) is 12.3. The van der Waals surface area contributed by atoms with Gasteiger partial charge in [0.1, 0.15) is 6.04 Å². The summed E-state index contributed by atoms with van der Waals surface area (Å²) in [7, 11) is 0. The number of ether oxygens (including phenoxy) is 1. The number of thioether (sulfide) groups is 1. The second kappa shape index (κ2) is 9.06. The molecule has 1 spiro atoms. The summed E-state index contributed by atoms with van der Waals surface area (Å²) in [5.41, 5.74) is -0.451. The molecule has 3 saturated heterocycles. The molecule has 3 aliphatic heterocycles. The standard InChI is InChI=1S/C25H42N2O5S/c1-9-15(12-28)27-19(20(29)26-24(7,8)13-23(4,5)6)25-14(3)11-16(33-25)17(18(25)21(27)30)22(31)32-10-2/h14-19,28H,9-13H2,1-8H3,(H,26,29)/t14?,15-,16+,17-,18-,19?,25?/m0/s1. The molecule has 3 rings (SSSR count). The SMILES string of the molecule is CCOC(=O)[C@@H]1[C@H]2C(=O)N([C@@H](CC)CO)C(C(=O)NC(C)(C)CC(C)(C)C)C23S[C@@H]1CC3C. The summed E-state index contributed by atoms with van der Waals surface area (Å²) in [6.07, 6.45) is 2.08. The Balaban J connectivity index is 2.05. The second-order valence-corrected chi connectivity index (χ2v) is 13.5. The van der Waals surface area contributed by atoms with E-state index in [9.17, 15) is 19.5 Å². The Hall–Kier alpha value is -1.28. The van der Waals surface area contributed by atoms with Gasteiger partial charge in [0.05, 0.1) is 35.8 Å². The Morgan fingerprint density at radius 1 is 1.27 bits per heavy atom. The molecule has 7 atom stereocenters. The Bertz CT molecular complexity index is 790. The van der Waals surface area contributed by atoms with Crippen LogP contribution in [0.15, 0.2) is 0 Å². The molecule has 0 aromatic carbocycles. The maximum atomic E-state index is 14.0. The number of hydrogen-bond donors (Lipinski definition) is 2. The number of nitrogens with one attached hydrogen (secondary N) is 1. The number of fused-ring (bicyclic) bond motifs is 1. The third-order valence-electron chi connectivity index (χ3n) is 7.50. The van der Waals surface area contributed by atoms with Crippen molar-refractivity contribution in [1.82, 2.24) is 10.2 Å². The summed E-state index contributed by atoms with van der Waals surface area (Å²) in [5, 5.41) is 13.3. The minimum atomic E-state index is -0.726. The maximum Gasteiger partial charge on any atom is 0.310 e. The zero-order valence-corrected chi connectivity index (χ0v) is 22.3. The van der Waals surface area contributed by atoms with E-state index in [4.69, 9.17) is 4.74 Å². The van der Waals surface area contributed by atoms with Crippen molar-refractivity contribution in [3.05, 3.63) is 0 Å². The molecule has 3 heterocycles. The molecule has 0 aliphatic carbocycles. The van der Waals surface area contributed by atoms with Gasteiger partial charge in [0.25, 0.3) is 0 Å². The van der Waals surface area contributed by atoms with Crippen molar-refractivity contribution in [3.8, 4) is 0 Å². The fourth-order valence-electron chi connectivity index (χ4n) is 6.84. The van der Waals surface area contributed by atoms with Gasteiger partial charge in [-0.2, -0.15) is 0 Å². The first kappa shape index (κ1) is 26.3. The number of likely N-dealkylation sites (tertiary alicyclic amines) is 1. The number of esters is 1. The molecular weight excluding hydrogens is 440 g/mol. The first-order chi connectivity index (χ1) is 15.2. The highest BCUT2D eigenvalue weighted by Gasteiger charge is 2.76. The lowest BCUT2D eigenvalue weighted by Crippen LogP contribution is -2.61. The van der Waals surface area contributed by atoms with E-state index in [1.165, 1.54) is 0 Å². The average Bonchev–Trinajstić information content (AvgIpc) is 3.25. The molecule has 0 aromatic heterocycles. The Morgan fingerprint density at radius 3 is 2.42 bits per heavy atom. The number of carbonyl (C=O) groups is 3. The number of rotatable bonds is 8. The van der Waals surface area contributed by atoms with E-state index in [1.807, 2.05) is 20.8 Å². The predicted octanol–water partition coefficient (Wildman–Crippen LogP) is 2.99. The van der Waals surface area contributed by atoms with Gasteiger partial charge in [-0.25, -0.2) is 0 Å². The fraction of sp³-hybridized carbons (Fsp3) is 0.880. The maximum absolute atomic E-state index is 14.0. The van der Waals surface area contributed by atoms with E-state index in [1.54, 1.807) is 23.6 Å². The number of aliphatic hydroxyl groups excluding tert-OH is 1. The second-order valence-electron chi connectivity index (χ2n) is 11.9. The normalized spacial score (nSPS) is 34.4. The van der Waals surface area contributed by atoms with Crippen molar-refractivity contribution >= 4 is 29.5 Å². The molecule has 0 saturated carbocycles. The van der Waals surface area contributed by atoms with Crippen molar-refractivity contribution in [2.24, 2.45) is 23.2 Å². The van der Waals surface area contributed by atoms with Gasteiger partial charge >= 0.3 is 5.97 Å². The number of hydrogen-bond acceptors (Lipinski definition) is 6. The molecule has 0 radical (unpaired) electrons. The van der Waals surface area contributed by atoms with Crippen molar-refractivity contribution in [2.75, 3.05) is 13.2 Å². The van der Waals surface area contributed by atoms with Crippen molar-refractivity contribution in [3.63, 3.8) is 0 Å². The van der Waals surface area contributed by atoms with E-state index in [0.717, 1.165) is 12.8 Å². The van der Waals surface area contributed by atoms with Crippen molar-refractivity contribution < 1.29 is 24.2 Å². The van der Waals surface area contributed by atoms with Gasteiger partial charge in [0, 0.05) is 10.8 Å². The quantitative estimate of drug-likeness (QED) is 0.517. The minimum Gasteiger partial charge on any atom is -0.466 e. The third kappa shape index (κ3) is 4.42.